The van der Waals surface area contributed by atoms with Gasteiger partial charge in [0.05, 0.1) is 12.5 Å². The van der Waals surface area contributed by atoms with E-state index in [9.17, 15) is 4.79 Å². The number of carbonyl (C=O) groups is 1. The van der Waals surface area contributed by atoms with E-state index in [1.807, 2.05) is 43.0 Å². The number of likely N-dealkylation sites (tertiary alicyclic amines) is 1. The van der Waals surface area contributed by atoms with E-state index >= 15 is 0 Å². The lowest BCUT2D eigenvalue weighted by Crippen LogP contribution is -2.35. The van der Waals surface area contributed by atoms with Crippen molar-refractivity contribution >= 4 is 18.3 Å². The normalized spacial score (nSPS) is 20.9. The predicted molar refractivity (Wildman–Crippen MR) is 91.5 cm³/mol. The van der Waals surface area contributed by atoms with E-state index in [4.69, 9.17) is 10.5 Å². The van der Waals surface area contributed by atoms with Gasteiger partial charge in [0.2, 0.25) is 5.91 Å². The van der Waals surface area contributed by atoms with Gasteiger partial charge in [0.25, 0.3) is 0 Å². The Kier molecular flexibility index (Phi) is 7.17. The van der Waals surface area contributed by atoms with E-state index in [-0.39, 0.29) is 24.4 Å². The zero-order valence-corrected chi connectivity index (χ0v) is 14.4. The first-order chi connectivity index (χ1) is 9.99. The van der Waals surface area contributed by atoms with E-state index in [0.717, 1.165) is 24.3 Å². The molecule has 1 aliphatic rings. The molecule has 0 aromatic heterocycles. The first kappa shape index (κ1) is 18.8. The average molecular weight is 327 g/mol. The second kappa shape index (κ2) is 8.39. The summed E-state index contributed by atoms with van der Waals surface area (Å²) in [6.45, 7) is 7.55. The zero-order valence-electron chi connectivity index (χ0n) is 13.6. The summed E-state index contributed by atoms with van der Waals surface area (Å²) in [5.41, 5.74) is 6.72. The van der Waals surface area contributed by atoms with Crippen LogP contribution in [0.15, 0.2) is 24.3 Å². The molecule has 1 aliphatic heterocycles. The van der Waals surface area contributed by atoms with Gasteiger partial charge in [-0.05, 0) is 57.4 Å². The van der Waals surface area contributed by atoms with Crippen LogP contribution >= 0.6 is 12.4 Å². The van der Waals surface area contributed by atoms with Gasteiger partial charge in [0.15, 0.2) is 0 Å². The van der Waals surface area contributed by atoms with Gasteiger partial charge >= 0.3 is 0 Å². The Balaban J connectivity index is 0.00000242. The third-order valence-electron chi connectivity index (χ3n) is 3.94. The topological polar surface area (TPSA) is 55.6 Å². The molecule has 0 aliphatic carbocycles. The van der Waals surface area contributed by atoms with Crippen molar-refractivity contribution in [2.24, 2.45) is 11.7 Å². The third-order valence-corrected chi connectivity index (χ3v) is 3.94. The summed E-state index contributed by atoms with van der Waals surface area (Å²) in [6, 6.07) is 8.10. The number of nitrogens with zero attached hydrogens (tertiary/aromatic N) is 1. The Morgan fingerprint density at radius 2 is 2.18 bits per heavy atom. The van der Waals surface area contributed by atoms with Crippen LogP contribution in [0.25, 0.3) is 0 Å². The van der Waals surface area contributed by atoms with E-state index < -0.39 is 0 Å². The van der Waals surface area contributed by atoms with Crippen molar-refractivity contribution < 1.29 is 9.53 Å². The number of hydrogen-bond acceptors (Lipinski definition) is 3. The Morgan fingerprint density at radius 3 is 2.77 bits per heavy atom. The molecule has 1 heterocycles. The SMILES string of the molecule is CC(C)Oc1cccc(CC(=O)N2CC(CN)CC2C)c1.Cl. The molecule has 2 unspecified atom stereocenters. The van der Waals surface area contributed by atoms with Crippen molar-refractivity contribution in [3.63, 3.8) is 0 Å². The summed E-state index contributed by atoms with van der Waals surface area (Å²) in [7, 11) is 0. The molecule has 1 aromatic carbocycles. The van der Waals surface area contributed by atoms with Crippen molar-refractivity contribution in [2.45, 2.75) is 45.8 Å². The van der Waals surface area contributed by atoms with E-state index in [2.05, 4.69) is 6.92 Å². The zero-order chi connectivity index (χ0) is 15.4. The molecule has 2 N–H and O–H groups in total. The third kappa shape index (κ3) is 4.89. The minimum absolute atomic E-state index is 0. The minimum atomic E-state index is 0. The molecule has 2 atom stereocenters. The fraction of sp³-hybridized carbons (Fsp3) is 0.588. The molecule has 1 amide bonds. The molecule has 1 fully saturated rings. The van der Waals surface area contributed by atoms with Crippen LogP contribution < -0.4 is 10.5 Å². The number of carbonyl (C=O) groups excluding carboxylic acids is 1. The average Bonchev–Trinajstić information content (AvgIpc) is 2.80. The van der Waals surface area contributed by atoms with Crippen LogP contribution in [-0.4, -0.2) is 36.0 Å². The Morgan fingerprint density at radius 1 is 1.45 bits per heavy atom. The van der Waals surface area contributed by atoms with Gasteiger partial charge < -0.3 is 15.4 Å². The van der Waals surface area contributed by atoms with Crippen molar-refractivity contribution in [1.29, 1.82) is 0 Å². The van der Waals surface area contributed by atoms with Gasteiger partial charge in [-0.25, -0.2) is 0 Å². The van der Waals surface area contributed by atoms with Gasteiger partial charge in [0.1, 0.15) is 5.75 Å². The molecule has 0 radical (unpaired) electrons. The summed E-state index contributed by atoms with van der Waals surface area (Å²) < 4.78 is 5.68. The number of ether oxygens (including phenoxy) is 1. The largest absolute Gasteiger partial charge is 0.491 e. The number of amides is 1. The number of hydrogen-bond donors (Lipinski definition) is 1. The number of halogens is 1. The highest BCUT2D eigenvalue weighted by Crippen LogP contribution is 2.23. The summed E-state index contributed by atoms with van der Waals surface area (Å²) >= 11 is 0. The second-order valence-electron chi connectivity index (χ2n) is 6.22. The van der Waals surface area contributed by atoms with Crippen molar-refractivity contribution in [3.8, 4) is 5.75 Å². The van der Waals surface area contributed by atoms with Crippen LogP contribution in [0.4, 0.5) is 0 Å². The molecule has 2 rings (SSSR count). The molecule has 0 spiro atoms. The molecule has 22 heavy (non-hydrogen) atoms. The van der Waals surface area contributed by atoms with Crippen LogP contribution in [-0.2, 0) is 11.2 Å². The predicted octanol–water partition coefficient (Wildman–Crippen LogP) is 2.63. The maximum absolute atomic E-state index is 12.5. The summed E-state index contributed by atoms with van der Waals surface area (Å²) in [4.78, 5) is 14.4. The Labute approximate surface area is 139 Å². The molecule has 4 nitrogen and oxygen atoms in total. The molecule has 0 saturated carbocycles. The standard InChI is InChI=1S/C17H26N2O2.ClH/c1-12(2)21-16-6-4-5-14(8-16)9-17(20)19-11-15(10-18)7-13(19)3;/h4-6,8,12-13,15H,7,9-11,18H2,1-3H3;1H. The van der Waals surface area contributed by atoms with Crippen LogP contribution in [0.3, 0.4) is 0 Å². The maximum Gasteiger partial charge on any atom is 0.227 e. The summed E-state index contributed by atoms with van der Waals surface area (Å²) in [5, 5.41) is 0. The van der Waals surface area contributed by atoms with Gasteiger partial charge in [-0.1, -0.05) is 12.1 Å². The fourth-order valence-electron chi connectivity index (χ4n) is 2.94. The lowest BCUT2D eigenvalue weighted by molar-refractivity contribution is -0.131. The van der Waals surface area contributed by atoms with Crippen molar-refractivity contribution in [3.05, 3.63) is 29.8 Å². The fourth-order valence-corrected chi connectivity index (χ4v) is 2.94. The minimum Gasteiger partial charge on any atom is -0.491 e. The first-order valence-electron chi connectivity index (χ1n) is 7.74. The van der Waals surface area contributed by atoms with E-state index in [1.165, 1.54) is 0 Å². The number of rotatable bonds is 5. The molecule has 1 saturated heterocycles. The van der Waals surface area contributed by atoms with Crippen LogP contribution in [0.2, 0.25) is 0 Å². The van der Waals surface area contributed by atoms with Crippen LogP contribution in [0.5, 0.6) is 5.75 Å². The van der Waals surface area contributed by atoms with Gasteiger partial charge in [0, 0.05) is 12.6 Å². The van der Waals surface area contributed by atoms with E-state index in [0.29, 0.717) is 24.9 Å². The van der Waals surface area contributed by atoms with E-state index in [1.54, 1.807) is 0 Å². The summed E-state index contributed by atoms with van der Waals surface area (Å²) in [5.74, 6) is 1.45. The smallest absolute Gasteiger partial charge is 0.227 e. The monoisotopic (exact) mass is 326 g/mol. The number of benzene rings is 1. The van der Waals surface area contributed by atoms with Gasteiger partial charge in [-0.15, -0.1) is 12.4 Å². The Bertz CT molecular complexity index is 493. The summed E-state index contributed by atoms with van der Waals surface area (Å²) in [6.07, 6.45) is 1.58. The highest BCUT2D eigenvalue weighted by molar-refractivity contribution is 5.85. The first-order valence-corrected chi connectivity index (χ1v) is 7.74. The second-order valence-corrected chi connectivity index (χ2v) is 6.22. The molecule has 5 heteroatoms. The van der Waals surface area contributed by atoms with Crippen LogP contribution in [0.1, 0.15) is 32.8 Å². The molecule has 1 aromatic rings. The molecular weight excluding hydrogens is 300 g/mol. The quantitative estimate of drug-likeness (QED) is 0.905. The molecule has 0 bridgehead atoms. The number of nitrogens with two attached hydrogens (primary N) is 1. The van der Waals surface area contributed by atoms with Crippen LogP contribution in [0, 0.1) is 5.92 Å². The van der Waals surface area contributed by atoms with Gasteiger partial charge in [-0.3, -0.25) is 4.79 Å². The highest BCUT2D eigenvalue weighted by Gasteiger charge is 2.31. The van der Waals surface area contributed by atoms with Gasteiger partial charge in [-0.2, -0.15) is 0 Å². The highest BCUT2D eigenvalue weighted by atomic mass is 35.5. The maximum atomic E-state index is 12.5. The Hall–Kier alpha value is -1.26. The van der Waals surface area contributed by atoms with Crippen molar-refractivity contribution in [2.75, 3.05) is 13.1 Å². The lowest BCUT2D eigenvalue weighted by atomic mass is 10.1. The molecular formula is C17H27ClN2O2. The van der Waals surface area contributed by atoms with Crippen molar-refractivity contribution in [1.82, 2.24) is 4.90 Å². The lowest BCUT2D eigenvalue weighted by Gasteiger charge is -2.21. The molecule has 124 valence electrons.